The van der Waals surface area contributed by atoms with Crippen molar-refractivity contribution in [1.82, 2.24) is 5.32 Å². The molecule has 0 aromatic heterocycles. The molecule has 0 aliphatic carbocycles. The highest BCUT2D eigenvalue weighted by atomic mass is 16.6. The first-order chi connectivity index (χ1) is 18.6. The van der Waals surface area contributed by atoms with Crippen LogP contribution in [0.5, 0.6) is 5.75 Å². The number of aliphatic hydroxyl groups excluding tert-OH is 3. The van der Waals surface area contributed by atoms with Gasteiger partial charge in [-0.2, -0.15) is 0 Å². The number of nitrogens with zero attached hydrogens (tertiary/aromatic N) is 1. The van der Waals surface area contributed by atoms with Crippen LogP contribution in [0, 0.1) is 0 Å². The van der Waals surface area contributed by atoms with Crippen molar-refractivity contribution in [3.8, 4) is 5.75 Å². The molecular weight excluding hydrogens is 504 g/mol. The molecule has 0 spiro atoms. The number of aliphatic hydroxyl groups is 3. The standard InChI is InChI=1S/C29H38N2O8/c1-28(2,3)39-24(35)14-15-29(27(36)30-22(18-33)19-34)25(20-8-5-4-6-9-20)38-26(31-29)21-10-12-23(13-11-21)37-17-7-16-32/h4-6,8-13,22,25,32-34H,7,14-19H2,1-3H3,(H,30,36)/t25-,29-/m1/s1. The molecule has 3 rings (SSSR count). The van der Waals surface area contributed by atoms with E-state index in [9.17, 15) is 19.8 Å². The highest BCUT2D eigenvalue weighted by Gasteiger charge is 2.53. The van der Waals surface area contributed by atoms with Crippen LogP contribution in [0.15, 0.2) is 59.6 Å². The summed E-state index contributed by atoms with van der Waals surface area (Å²) in [4.78, 5) is 31.3. The Morgan fingerprint density at radius 3 is 2.31 bits per heavy atom. The lowest BCUT2D eigenvalue weighted by Gasteiger charge is -2.32. The maximum Gasteiger partial charge on any atom is 0.306 e. The van der Waals surface area contributed by atoms with Crippen LogP contribution in [0.2, 0.25) is 0 Å². The van der Waals surface area contributed by atoms with Crippen molar-refractivity contribution in [2.75, 3.05) is 26.4 Å². The predicted octanol–water partition coefficient (Wildman–Crippen LogP) is 2.30. The summed E-state index contributed by atoms with van der Waals surface area (Å²) in [6, 6.07) is 15.2. The summed E-state index contributed by atoms with van der Waals surface area (Å²) in [7, 11) is 0. The molecule has 0 radical (unpaired) electrons. The van der Waals surface area contributed by atoms with Gasteiger partial charge in [-0.15, -0.1) is 0 Å². The Morgan fingerprint density at radius 2 is 1.72 bits per heavy atom. The lowest BCUT2D eigenvalue weighted by atomic mass is 9.83. The minimum Gasteiger partial charge on any atom is -0.494 e. The SMILES string of the molecule is CC(C)(C)OC(=O)CC[C@@]1(C(=O)NC(CO)CO)N=C(c2ccc(OCCCO)cc2)O[C@@H]1c1ccccc1. The first-order valence-electron chi connectivity index (χ1n) is 13.0. The molecule has 1 heterocycles. The molecule has 2 aromatic rings. The van der Waals surface area contributed by atoms with Gasteiger partial charge in [0.1, 0.15) is 11.4 Å². The number of amides is 1. The van der Waals surface area contributed by atoms with E-state index in [0.717, 1.165) is 0 Å². The second-order valence-corrected chi connectivity index (χ2v) is 10.3. The molecule has 2 aromatic carbocycles. The summed E-state index contributed by atoms with van der Waals surface area (Å²) in [6.07, 6.45) is -0.541. The van der Waals surface area contributed by atoms with Gasteiger partial charge in [-0.25, -0.2) is 4.99 Å². The first kappa shape index (κ1) is 30.1. The van der Waals surface area contributed by atoms with Gasteiger partial charge in [0.15, 0.2) is 11.6 Å². The molecule has 10 nitrogen and oxygen atoms in total. The van der Waals surface area contributed by atoms with Crippen LogP contribution in [-0.2, 0) is 19.1 Å². The van der Waals surface area contributed by atoms with E-state index in [0.29, 0.717) is 29.9 Å². The Bertz CT molecular complexity index is 1110. The quantitative estimate of drug-likeness (QED) is 0.223. The van der Waals surface area contributed by atoms with Crippen LogP contribution >= 0.6 is 0 Å². The number of carbonyl (C=O) groups is 2. The molecule has 212 valence electrons. The minimum atomic E-state index is -1.59. The Labute approximate surface area is 228 Å². The van der Waals surface area contributed by atoms with Crippen LogP contribution in [0.1, 0.15) is 57.3 Å². The molecule has 2 atom stereocenters. The summed E-state index contributed by atoms with van der Waals surface area (Å²) in [5.41, 5.74) is -1.03. The Balaban J connectivity index is 2.02. The van der Waals surface area contributed by atoms with Gasteiger partial charge in [-0.1, -0.05) is 30.3 Å². The Kier molecular flexibility index (Phi) is 10.4. The molecule has 1 aliphatic heterocycles. The van der Waals surface area contributed by atoms with Crippen LogP contribution in [0.4, 0.5) is 0 Å². The number of ether oxygens (including phenoxy) is 3. The predicted molar refractivity (Wildman–Crippen MR) is 144 cm³/mol. The van der Waals surface area contributed by atoms with E-state index in [1.54, 1.807) is 45.0 Å². The molecule has 10 heteroatoms. The highest BCUT2D eigenvalue weighted by Crippen LogP contribution is 2.43. The van der Waals surface area contributed by atoms with Crippen molar-refractivity contribution in [2.45, 2.75) is 63.3 Å². The van der Waals surface area contributed by atoms with Gasteiger partial charge in [0.05, 0.1) is 25.9 Å². The molecule has 1 aliphatic rings. The minimum absolute atomic E-state index is 0.0322. The van der Waals surface area contributed by atoms with Crippen molar-refractivity contribution < 1.29 is 39.1 Å². The third-order valence-corrected chi connectivity index (χ3v) is 6.04. The number of carbonyl (C=O) groups excluding carboxylic acids is 2. The van der Waals surface area contributed by atoms with E-state index in [1.165, 1.54) is 0 Å². The molecule has 0 saturated carbocycles. The summed E-state index contributed by atoms with van der Waals surface area (Å²) in [5.74, 6) is -0.273. The average Bonchev–Trinajstić information content (AvgIpc) is 3.31. The van der Waals surface area contributed by atoms with Gasteiger partial charge in [0, 0.05) is 25.0 Å². The topological polar surface area (TPSA) is 147 Å². The molecule has 0 fully saturated rings. The second kappa shape index (κ2) is 13.5. The first-order valence-corrected chi connectivity index (χ1v) is 13.0. The molecule has 0 unspecified atom stereocenters. The van der Waals surface area contributed by atoms with E-state index >= 15 is 0 Å². The van der Waals surface area contributed by atoms with Crippen molar-refractivity contribution in [1.29, 1.82) is 0 Å². The van der Waals surface area contributed by atoms with E-state index < -0.39 is 48.4 Å². The van der Waals surface area contributed by atoms with E-state index in [4.69, 9.17) is 24.3 Å². The number of rotatable bonds is 13. The van der Waals surface area contributed by atoms with Crippen LogP contribution in [0.3, 0.4) is 0 Å². The zero-order valence-electron chi connectivity index (χ0n) is 22.6. The largest absolute Gasteiger partial charge is 0.494 e. The molecule has 4 N–H and O–H groups in total. The fourth-order valence-corrected chi connectivity index (χ4v) is 4.14. The maximum absolute atomic E-state index is 13.8. The zero-order chi connectivity index (χ0) is 28.5. The molecule has 0 saturated heterocycles. The lowest BCUT2D eigenvalue weighted by Crippen LogP contribution is -2.53. The van der Waals surface area contributed by atoms with E-state index in [2.05, 4.69) is 5.32 Å². The second-order valence-electron chi connectivity index (χ2n) is 10.3. The third kappa shape index (κ3) is 8.01. The van der Waals surface area contributed by atoms with Gasteiger partial charge in [0.25, 0.3) is 5.91 Å². The third-order valence-electron chi connectivity index (χ3n) is 6.04. The Morgan fingerprint density at radius 1 is 1.05 bits per heavy atom. The fraction of sp³-hybridized carbons (Fsp3) is 0.483. The van der Waals surface area contributed by atoms with Gasteiger partial charge in [-0.05, 0) is 57.0 Å². The van der Waals surface area contributed by atoms with E-state index in [-0.39, 0.29) is 25.3 Å². The lowest BCUT2D eigenvalue weighted by molar-refractivity contribution is -0.155. The van der Waals surface area contributed by atoms with Gasteiger partial charge in [0.2, 0.25) is 5.90 Å². The molecule has 1 amide bonds. The summed E-state index contributed by atoms with van der Waals surface area (Å²) < 4.78 is 17.4. The van der Waals surface area contributed by atoms with E-state index in [1.807, 2.05) is 30.3 Å². The van der Waals surface area contributed by atoms with Crippen LogP contribution in [0.25, 0.3) is 0 Å². The number of hydrogen-bond donors (Lipinski definition) is 4. The zero-order valence-corrected chi connectivity index (χ0v) is 22.6. The number of nitrogens with one attached hydrogen (secondary N) is 1. The smallest absolute Gasteiger partial charge is 0.306 e. The van der Waals surface area contributed by atoms with Crippen molar-refractivity contribution in [2.24, 2.45) is 4.99 Å². The Hall–Kier alpha value is -3.47. The van der Waals surface area contributed by atoms with Gasteiger partial charge < -0.3 is 34.8 Å². The van der Waals surface area contributed by atoms with Gasteiger partial charge >= 0.3 is 5.97 Å². The van der Waals surface area contributed by atoms with Crippen molar-refractivity contribution in [3.63, 3.8) is 0 Å². The fourth-order valence-electron chi connectivity index (χ4n) is 4.14. The molecular formula is C29H38N2O8. The number of aliphatic imine (C=N–C) groups is 1. The summed E-state index contributed by atoms with van der Waals surface area (Å²) in [6.45, 7) is 4.74. The molecule has 39 heavy (non-hydrogen) atoms. The van der Waals surface area contributed by atoms with Crippen molar-refractivity contribution in [3.05, 3.63) is 65.7 Å². The molecule has 0 bridgehead atoms. The normalized spacial score (nSPS) is 18.8. The van der Waals surface area contributed by atoms with Crippen LogP contribution < -0.4 is 10.1 Å². The van der Waals surface area contributed by atoms with Gasteiger partial charge in [-0.3, -0.25) is 9.59 Å². The maximum atomic E-state index is 13.8. The van der Waals surface area contributed by atoms with Crippen molar-refractivity contribution >= 4 is 17.8 Å². The van der Waals surface area contributed by atoms with Crippen LogP contribution in [-0.4, -0.2) is 76.7 Å². The number of benzene rings is 2. The number of esters is 1. The summed E-state index contributed by atoms with van der Waals surface area (Å²) >= 11 is 0. The number of hydrogen-bond acceptors (Lipinski definition) is 9. The highest BCUT2D eigenvalue weighted by molar-refractivity contribution is 6.01. The average molecular weight is 543 g/mol. The summed E-state index contributed by atoms with van der Waals surface area (Å²) in [5, 5.41) is 30.9. The monoisotopic (exact) mass is 542 g/mol.